The van der Waals surface area contributed by atoms with E-state index in [0.29, 0.717) is 19.4 Å². The molecule has 6 nitrogen and oxygen atoms in total. The lowest BCUT2D eigenvalue weighted by Crippen LogP contribution is -2.45. The van der Waals surface area contributed by atoms with Crippen LogP contribution in [0.25, 0.3) is 0 Å². The molecule has 0 saturated carbocycles. The third-order valence-corrected chi connectivity index (χ3v) is 18.6. The van der Waals surface area contributed by atoms with E-state index in [4.69, 9.17) is 4.74 Å². The number of hydrogen-bond donors (Lipinski definition) is 3. The van der Waals surface area contributed by atoms with E-state index in [0.717, 1.165) is 51.4 Å². The molecule has 88 heavy (non-hydrogen) atoms. The number of amides is 1. The lowest BCUT2D eigenvalue weighted by molar-refractivity contribution is -0.143. The summed E-state index contributed by atoms with van der Waals surface area (Å²) >= 11 is 0. The van der Waals surface area contributed by atoms with E-state index in [9.17, 15) is 19.8 Å². The fraction of sp³-hybridized carbons (Fsp3) is 0.878. The Balaban J connectivity index is 3.40. The minimum atomic E-state index is -0.847. The number of unbranched alkanes of at least 4 members (excludes halogenated alkanes) is 58. The van der Waals surface area contributed by atoms with Crippen molar-refractivity contribution < 1.29 is 24.5 Å². The molecule has 0 aromatic heterocycles. The first-order valence-corrected chi connectivity index (χ1v) is 39.9. The zero-order chi connectivity index (χ0) is 63.5. The van der Waals surface area contributed by atoms with Gasteiger partial charge in [0.05, 0.1) is 25.4 Å². The third kappa shape index (κ3) is 72.9. The molecule has 0 bridgehead atoms. The van der Waals surface area contributed by atoms with Crippen LogP contribution in [0.2, 0.25) is 0 Å². The number of esters is 1. The van der Waals surface area contributed by atoms with Gasteiger partial charge >= 0.3 is 5.97 Å². The van der Waals surface area contributed by atoms with Crippen molar-refractivity contribution in [3.05, 3.63) is 48.6 Å². The molecule has 0 aliphatic rings. The summed E-state index contributed by atoms with van der Waals surface area (Å²) in [6.45, 7) is 4.93. The normalized spacial score (nSPS) is 12.7. The number of carbonyl (C=O) groups excluding carboxylic acids is 2. The number of hydrogen-bond acceptors (Lipinski definition) is 5. The van der Waals surface area contributed by atoms with Crippen molar-refractivity contribution in [2.24, 2.45) is 0 Å². The first-order chi connectivity index (χ1) is 43.5. The van der Waals surface area contributed by atoms with Gasteiger partial charge in [-0.1, -0.05) is 383 Å². The van der Waals surface area contributed by atoms with Gasteiger partial charge in [-0.15, -0.1) is 0 Å². The first-order valence-electron chi connectivity index (χ1n) is 39.9. The Morgan fingerprint density at radius 2 is 0.568 bits per heavy atom. The number of ether oxygens (including phenoxy) is 1. The minimum absolute atomic E-state index is 0.00874. The van der Waals surface area contributed by atoms with Gasteiger partial charge in [0.2, 0.25) is 5.91 Å². The van der Waals surface area contributed by atoms with Crippen LogP contribution in [0.15, 0.2) is 48.6 Å². The van der Waals surface area contributed by atoms with Crippen LogP contribution in [-0.2, 0) is 14.3 Å². The second-order valence-electron chi connectivity index (χ2n) is 27.4. The van der Waals surface area contributed by atoms with Crippen molar-refractivity contribution in [3.63, 3.8) is 0 Å². The molecular formula is C82H155NO5. The Labute approximate surface area is 550 Å². The highest BCUT2D eigenvalue weighted by Crippen LogP contribution is 2.19. The minimum Gasteiger partial charge on any atom is -0.466 e. The number of nitrogens with one attached hydrogen (secondary N) is 1. The molecule has 0 radical (unpaired) electrons. The second kappa shape index (κ2) is 77.3. The van der Waals surface area contributed by atoms with Gasteiger partial charge in [0.25, 0.3) is 0 Å². The van der Waals surface area contributed by atoms with Gasteiger partial charge in [-0.05, 0) is 89.9 Å². The molecule has 3 N–H and O–H groups in total. The van der Waals surface area contributed by atoms with Gasteiger partial charge in [0.1, 0.15) is 0 Å². The molecule has 0 aromatic carbocycles. The molecule has 518 valence electrons. The third-order valence-electron chi connectivity index (χ3n) is 18.6. The molecule has 2 atom stereocenters. The van der Waals surface area contributed by atoms with Crippen LogP contribution in [-0.4, -0.2) is 47.4 Å². The van der Waals surface area contributed by atoms with Crippen LogP contribution in [0.4, 0.5) is 0 Å². The molecule has 0 spiro atoms. The predicted molar refractivity (Wildman–Crippen MR) is 389 cm³/mol. The van der Waals surface area contributed by atoms with E-state index in [1.165, 1.54) is 360 Å². The summed E-state index contributed by atoms with van der Waals surface area (Å²) in [4.78, 5) is 24.7. The van der Waals surface area contributed by atoms with Crippen molar-refractivity contribution in [2.75, 3.05) is 13.2 Å². The molecule has 0 heterocycles. The fourth-order valence-corrected chi connectivity index (χ4v) is 12.5. The molecule has 0 saturated heterocycles. The summed E-state index contributed by atoms with van der Waals surface area (Å²) in [5, 5.41) is 23.3. The standard InChI is InChI=1S/C82H155NO5/c1-3-5-7-9-11-13-15-17-19-21-23-24-25-30-33-36-39-42-46-50-54-58-62-66-70-74-80(85)79(78-84)83-81(86)75-71-67-63-59-55-51-47-43-40-37-34-31-28-26-27-29-32-35-38-41-45-49-53-57-61-65-69-73-77-88-82(87)76-72-68-64-60-56-52-48-44-22-20-18-16-14-12-10-8-6-4-2/h14,16,20,22,26-27,70,74,79-80,84-85H,3-13,15,17-19,21,23-25,28-69,71-73,75-78H2,1-2H3,(H,83,86)/b16-14-,22-20-,27-26-,74-70+. The van der Waals surface area contributed by atoms with Crippen molar-refractivity contribution in [1.82, 2.24) is 5.32 Å². The molecule has 0 aromatic rings. The maximum atomic E-state index is 12.6. The number of carbonyl (C=O) groups is 2. The quantitative estimate of drug-likeness (QED) is 0.0320. The van der Waals surface area contributed by atoms with Gasteiger partial charge < -0.3 is 20.3 Å². The number of aliphatic hydroxyl groups excluding tert-OH is 2. The molecule has 0 fully saturated rings. The van der Waals surface area contributed by atoms with Crippen LogP contribution in [0.1, 0.15) is 438 Å². The summed E-state index contributed by atoms with van der Waals surface area (Å²) in [7, 11) is 0. The van der Waals surface area contributed by atoms with Crippen molar-refractivity contribution >= 4 is 11.9 Å². The fourth-order valence-electron chi connectivity index (χ4n) is 12.5. The van der Waals surface area contributed by atoms with Crippen LogP contribution < -0.4 is 5.32 Å². The van der Waals surface area contributed by atoms with Gasteiger partial charge in [-0.25, -0.2) is 0 Å². The summed E-state index contributed by atoms with van der Waals surface area (Å²) in [6.07, 6.45) is 102. The number of rotatable bonds is 75. The first kappa shape index (κ1) is 85.8. The van der Waals surface area contributed by atoms with Crippen LogP contribution in [0.3, 0.4) is 0 Å². The molecule has 2 unspecified atom stereocenters. The lowest BCUT2D eigenvalue weighted by Gasteiger charge is -2.20. The Morgan fingerprint density at radius 3 is 0.886 bits per heavy atom. The molecule has 0 rings (SSSR count). The maximum Gasteiger partial charge on any atom is 0.305 e. The zero-order valence-electron chi connectivity index (χ0n) is 59.5. The molecular weight excluding hydrogens is 1080 g/mol. The van der Waals surface area contributed by atoms with E-state index in [1.54, 1.807) is 6.08 Å². The average molecular weight is 1240 g/mol. The van der Waals surface area contributed by atoms with Crippen LogP contribution >= 0.6 is 0 Å². The van der Waals surface area contributed by atoms with Gasteiger partial charge in [-0.3, -0.25) is 9.59 Å². The monoisotopic (exact) mass is 1230 g/mol. The second-order valence-corrected chi connectivity index (χ2v) is 27.4. The van der Waals surface area contributed by atoms with Gasteiger partial charge in [-0.2, -0.15) is 0 Å². The van der Waals surface area contributed by atoms with E-state index in [-0.39, 0.29) is 18.5 Å². The van der Waals surface area contributed by atoms with Crippen LogP contribution in [0, 0.1) is 0 Å². The van der Waals surface area contributed by atoms with E-state index < -0.39 is 12.1 Å². The molecule has 0 aliphatic heterocycles. The average Bonchev–Trinajstić information content (AvgIpc) is 3.58. The van der Waals surface area contributed by atoms with Crippen molar-refractivity contribution in [1.29, 1.82) is 0 Å². The van der Waals surface area contributed by atoms with Crippen molar-refractivity contribution in [3.8, 4) is 0 Å². The predicted octanol–water partition coefficient (Wildman–Crippen LogP) is 26.4. The Kier molecular flexibility index (Phi) is 75.4. The number of allylic oxidation sites excluding steroid dienone is 7. The highest BCUT2D eigenvalue weighted by atomic mass is 16.5. The van der Waals surface area contributed by atoms with E-state index >= 15 is 0 Å². The largest absolute Gasteiger partial charge is 0.466 e. The van der Waals surface area contributed by atoms with Gasteiger partial charge in [0.15, 0.2) is 0 Å². The highest BCUT2D eigenvalue weighted by molar-refractivity contribution is 5.76. The summed E-state index contributed by atoms with van der Waals surface area (Å²) < 4.78 is 5.51. The maximum absolute atomic E-state index is 12.6. The highest BCUT2D eigenvalue weighted by Gasteiger charge is 2.18. The molecule has 1 amide bonds. The Bertz CT molecular complexity index is 1470. The lowest BCUT2D eigenvalue weighted by atomic mass is 10.0. The van der Waals surface area contributed by atoms with Gasteiger partial charge in [0, 0.05) is 12.8 Å². The smallest absolute Gasteiger partial charge is 0.305 e. The Hall–Kier alpha value is -2.18. The molecule has 0 aliphatic carbocycles. The van der Waals surface area contributed by atoms with E-state index in [1.807, 2.05) is 6.08 Å². The van der Waals surface area contributed by atoms with E-state index in [2.05, 4.69) is 55.6 Å². The SMILES string of the molecule is CCCCCC/C=C\C/C=C\CCCCCCCCCC(=O)OCCCCCCCCCCCCCC/C=C\CCCCCCCCCCCCCCC(=O)NC(CO)C(O)/C=C/CCCCCCCCCCCCCCCCCCCCCCCCC. The summed E-state index contributed by atoms with van der Waals surface area (Å²) in [6, 6.07) is -0.630. The topological polar surface area (TPSA) is 95.9 Å². The summed E-state index contributed by atoms with van der Waals surface area (Å²) in [5.74, 6) is -0.0546. The van der Waals surface area contributed by atoms with Crippen LogP contribution in [0.5, 0.6) is 0 Å². The Morgan fingerprint density at radius 1 is 0.318 bits per heavy atom. The summed E-state index contributed by atoms with van der Waals surface area (Å²) in [5.41, 5.74) is 0. The number of aliphatic hydroxyl groups is 2. The van der Waals surface area contributed by atoms with Crippen molar-refractivity contribution in [2.45, 2.75) is 450 Å². The zero-order valence-corrected chi connectivity index (χ0v) is 59.5. The molecule has 6 heteroatoms.